The lowest BCUT2D eigenvalue weighted by Crippen LogP contribution is -2.44. The fraction of sp³-hybridized carbons (Fsp3) is 0.636. The Balaban J connectivity index is 1.98. The van der Waals surface area contributed by atoms with Crippen LogP contribution in [0, 0.1) is 0 Å². The van der Waals surface area contributed by atoms with Gasteiger partial charge in [0.2, 0.25) is 6.71 Å². The van der Waals surface area contributed by atoms with E-state index in [-0.39, 0.29) is 10.8 Å². The van der Waals surface area contributed by atoms with Crippen LogP contribution in [0.2, 0.25) is 5.82 Å². The van der Waals surface area contributed by atoms with E-state index in [1.165, 1.54) is 43.2 Å². The van der Waals surface area contributed by atoms with Gasteiger partial charge >= 0.3 is 0 Å². The van der Waals surface area contributed by atoms with Crippen molar-refractivity contribution in [2.45, 2.75) is 90.3 Å². The van der Waals surface area contributed by atoms with Gasteiger partial charge in [0.15, 0.2) is 0 Å². The van der Waals surface area contributed by atoms with Crippen molar-refractivity contribution in [3.63, 3.8) is 0 Å². The molecule has 3 heteroatoms. The van der Waals surface area contributed by atoms with Crippen molar-refractivity contribution >= 4 is 38.9 Å². The Labute approximate surface area is 163 Å². The molecule has 0 atom stereocenters. The van der Waals surface area contributed by atoms with Gasteiger partial charge in [-0.15, -0.1) is 0 Å². The Morgan fingerprint density at radius 3 is 1.56 bits per heavy atom. The van der Waals surface area contributed by atoms with Crippen molar-refractivity contribution in [3.05, 3.63) is 34.0 Å². The number of hydrogen-bond acceptors (Lipinski definition) is 2. The quantitative estimate of drug-likeness (QED) is 0.551. The summed E-state index contributed by atoms with van der Waals surface area (Å²) >= 11 is 3.99. The highest BCUT2D eigenvalue weighted by Crippen LogP contribution is 2.34. The van der Waals surface area contributed by atoms with E-state index >= 15 is 0 Å². The predicted octanol–water partition coefficient (Wildman–Crippen LogP) is 6.35. The first-order chi connectivity index (χ1) is 11.7. The Morgan fingerprint density at radius 1 is 0.760 bits per heavy atom. The first kappa shape index (κ1) is 19.2. The second-order valence-electron chi connectivity index (χ2n) is 9.85. The van der Waals surface area contributed by atoms with Gasteiger partial charge in [0, 0.05) is 0 Å². The zero-order valence-electron chi connectivity index (χ0n) is 16.8. The molecule has 1 aliphatic carbocycles. The molecule has 2 aromatic heterocycles. The standard InChI is InChI=1S/C22H33BS2/c1-21(2,3)16-12-19(24-14-16)23(18-10-8-7-9-11-18)20-13-17(15-25-20)22(4,5)6/h12-15,18H,7-11H2,1-6H3. The lowest BCUT2D eigenvalue weighted by atomic mass is 9.37. The van der Waals surface area contributed by atoms with Crippen LogP contribution in [-0.4, -0.2) is 6.71 Å². The maximum Gasteiger partial charge on any atom is 0.238 e. The van der Waals surface area contributed by atoms with Gasteiger partial charge in [-0.05, 0) is 42.3 Å². The molecule has 1 saturated carbocycles. The monoisotopic (exact) mass is 372 g/mol. The summed E-state index contributed by atoms with van der Waals surface area (Å²) in [7, 11) is 0. The largest absolute Gasteiger partial charge is 0.238 e. The van der Waals surface area contributed by atoms with Gasteiger partial charge in [-0.25, -0.2) is 0 Å². The zero-order valence-corrected chi connectivity index (χ0v) is 18.4. The van der Waals surface area contributed by atoms with Crippen LogP contribution in [0.15, 0.2) is 22.9 Å². The highest BCUT2D eigenvalue weighted by atomic mass is 32.1. The molecule has 136 valence electrons. The van der Waals surface area contributed by atoms with E-state index in [2.05, 4.69) is 64.4 Å². The molecule has 0 unspecified atom stereocenters. The van der Waals surface area contributed by atoms with E-state index in [1.807, 2.05) is 22.7 Å². The predicted molar refractivity (Wildman–Crippen MR) is 118 cm³/mol. The minimum Gasteiger partial charge on any atom is -0.158 e. The first-order valence-electron chi connectivity index (χ1n) is 9.84. The van der Waals surface area contributed by atoms with Crippen molar-refractivity contribution in [1.29, 1.82) is 0 Å². The van der Waals surface area contributed by atoms with E-state index in [0.717, 1.165) is 5.82 Å². The van der Waals surface area contributed by atoms with Gasteiger partial charge < -0.3 is 0 Å². The molecule has 0 N–H and O–H groups in total. The van der Waals surface area contributed by atoms with Crippen LogP contribution in [-0.2, 0) is 10.8 Å². The minimum atomic E-state index is 0.248. The van der Waals surface area contributed by atoms with E-state index in [9.17, 15) is 0 Å². The van der Waals surface area contributed by atoms with Crippen LogP contribution in [0.4, 0.5) is 0 Å². The highest BCUT2D eigenvalue weighted by molar-refractivity contribution is 7.31. The number of hydrogen-bond donors (Lipinski definition) is 0. The van der Waals surface area contributed by atoms with Gasteiger partial charge in [-0.3, -0.25) is 0 Å². The Morgan fingerprint density at radius 2 is 1.20 bits per heavy atom. The van der Waals surface area contributed by atoms with Crippen LogP contribution in [0.1, 0.15) is 84.8 Å². The van der Waals surface area contributed by atoms with Gasteiger partial charge in [0.1, 0.15) is 0 Å². The summed E-state index contributed by atoms with van der Waals surface area (Å²) in [5.74, 6) is 0.826. The molecule has 0 saturated heterocycles. The van der Waals surface area contributed by atoms with Crippen molar-refractivity contribution < 1.29 is 0 Å². The molecule has 25 heavy (non-hydrogen) atoms. The lowest BCUT2D eigenvalue weighted by molar-refractivity contribution is 0.500. The van der Waals surface area contributed by atoms with E-state index in [4.69, 9.17) is 0 Å². The topological polar surface area (TPSA) is 0 Å². The van der Waals surface area contributed by atoms with Crippen LogP contribution >= 0.6 is 22.7 Å². The van der Waals surface area contributed by atoms with Gasteiger partial charge in [-0.2, -0.15) is 22.7 Å². The average molecular weight is 372 g/mol. The fourth-order valence-electron chi connectivity index (χ4n) is 3.89. The summed E-state index contributed by atoms with van der Waals surface area (Å²) in [6.45, 7) is 14.6. The Bertz CT molecular complexity index is 638. The maximum absolute atomic E-state index is 2.51. The molecule has 0 radical (unpaired) electrons. The third-order valence-electron chi connectivity index (χ3n) is 5.71. The molecule has 0 amide bonds. The fourth-order valence-corrected chi connectivity index (χ4v) is 6.66. The summed E-state index contributed by atoms with van der Waals surface area (Å²) < 4.78 is 3.19. The third kappa shape index (κ3) is 4.42. The molecule has 3 rings (SSSR count). The number of thiophene rings is 2. The smallest absolute Gasteiger partial charge is 0.158 e. The molecule has 1 aliphatic rings. The number of rotatable bonds is 3. The Kier molecular flexibility index (Phi) is 5.56. The SMILES string of the molecule is CC(C)(C)c1csc(B(c2cc(C(C)(C)C)cs2)C2CCCCC2)c1. The maximum atomic E-state index is 2.51. The summed E-state index contributed by atoms with van der Waals surface area (Å²) in [4.78, 5) is 0. The summed E-state index contributed by atoms with van der Waals surface area (Å²) in [6.07, 6.45) is 7.05. The second-order valence-corrected chi connectivity index (χ2v) is 11.7. The average Bonchev–Trinajstić information content (AvgIpc) is 3.17. The van der Waals surface area contributed by atoms with Gasteiger partial charge in [0.05, 0.1) is 0 Å². The molecular weight excluding hydrogens is 339 g/mol. The zero-order chi connectivity index (χ0) is 18.2. The molecule has 0 nitrogen and oxygen atoms in total. The van der Waals surface area contributed by atoms with Crippen molar-refractivity contribution in [2.75, 3.05) is 0 Å². The molecule has 1 fully saturated rings. The lowest BCUT2D eigenvalue weighted by Gasteiger charge is -2.27. The van der Waals surface area contributed by atoms with Crippen molar-refractivity contribution in [1.82, 2.24) is 0 Å². The molecule has 0 spiro atoms. The van der Waals surface area contributed by atoms with Crippen molar-refractivity contribution in [2.24, 2.45) is 0 Å². The second kappa shape index (κ2) is 7.23. The van der Waals surface area contributed by atoms with Crippen LogP contribution in [0.3, 0.4) is 0 Å². The molecule has 2 heterocycles. The molecule has 2 aromatic rings. The summed E-state index contributed by atoms with van der Waals surface area (Å²) in [5.41, 5.74) is 3.50. The van der Waals surface area contributed by atoms with E-state index < -0.39 is 0 Å². The van der Waals surface area contributed by atoms with E-state index in [0.29, 0.717) is 6.71 Å². The van der Waals surface area contributed by atoms with Crippen LogP contribution in [0.25, 0.3) is 0 Å². The van der Waals surface area contributed by atoms with Crippen molar-refractivity contribution in [3.8, 4) is 0 Å². The summed E-state index contributed by atoms with van der Waals surface area (Å²) in [5, 5.41) is 4.81. The minimum absolute atomic E-state index is 0.248. The molecule has 0 aromatic carbocycles. The van der Waals surface area contributed by atoms with E-state index in [1.54, 1.807) is 9.55 Å². The van der Waals surface area contributed by atoms with Gasteiger partial charge in [0.25, 0.3) is 0 Å². The Hall–Kier alpha value is -0.535. The van der Waals surface area contributed by atoms with Gasteiger partial charge in [-0.1, -0.05) is 91.6 Å². The third-order valence-corrected chi connectivity index (χ3v) is 7.74. The van der Waals surface area contributed by atoms with Crippen LogP contribution < -0.4 is 9.55 Å². The molecule has 0 aliphatic heterocycles. The van der Waals surface area contributed by atoms with Crippen LogP contribution in [0.5, 0.6) is 0 Å². The highest BCUT2D eigenvalue weighted by Gasteiger charge is 2.34. The first-order valence-corrected chi connectivity index (χ1v) is 11.6. The normalized spacial score (nSPS) is 17.0. The summed E-state index contributed by atoms with van der Waals surface area (Å²) in [6, 6.07) is 5.03. The molecule has 0 bridgehead atoms. The molecular formula is C22H33BS2.